The molecule has 36 heavy (non-hydrogen) atoms. The zero-order chi connectivity index (χ0) is 25.1. The maximum Gasteiger partial charge on any atom is 0.237 e. The van der Waals surface area contributed by atoms with E-state index in [1.807, 2.05) is 66.1 Å². The van der Waals surface area contributed by atoms with E-state index in [-0.39, 0.29) is 5.91 Å². The van der Waals surface area contributed by atoms with Gasteiger partial charge in [0, 0.05) is 29.5 Å². The summed E-state index contributed by atoms with van der Waals surface area (Å²) in [6, 6.07) is 21.6. The zero-order valence-corrected chi connectivity index (χ0v) is 21.1. The van der Waals surface area contributed by atoms with Gasteiger partial charge in [0.1, 0.15) is 0 Å². The molecule has 3 heterocycles. The molecule has 0 aliphatic rings. The SMILES string of the molecule is CC(Sc1nnc(-c2cccnc2)n1-c1ccccc1C(C)C)C(=O)Nc1cccc2ncccc12. The minimum atomic E-state index is -0.423. The molecule has 0 saturated carbocycles. The third kappa shape index (κ3) is 4.72. The van der Waals surface area contributed by atoms with Crippen molar-refractivity contribution in [2.45, 2.75) is 37.1 Å². The standard InChI is InChI=1S/C28H26N6OS/c1-18(2)21-10-4-5-14-25(21)34-26(20-9-7-15-29-17-20)32-33-28(34)36-19(3)27(35)31-24-13-6-12-23-22(24)11-8-16-30-23/h4-19H,1-3H3,(H,31,35). The summed E-state index contributed by atoms with van der Waals surface area (Å²) in [7, 11) is 0. The lowest BCUT2D eigenvalue weighted by Crippen LogP contribution is -2.23. The lowest BCUT2D eigenvalue weighted by atomic mass is 10.0. The minimum absolute atomic E-state index is 0.119. The molecular formula is C28H26N6OS. The smallest absolute Gasteiger partial charge is 0.237 e. The van der Waals surface area contributed by atoms with E-state index in [0.717, 1.165) is 27.8 Å². The number of carbonyl (C=O) groups excluding carboxylic acids is 1. The molecule has 0 aliphatic carbocycles. The Morgan fingerprint density at radius 1 is 0.917 bits per heavy atom. The first-order chi connectivity index (χ1) is 17.5. The fourth-order valence-electron chi connectivity index (χ4n) is 4.08. The molecule has 0 bridgehead atoms. The van der Waals surface area contributed by atoms with Gasteiger partial charge in [-0.15, -0.1) is 10.2 Å². The lowest BCUT2D eigenvalue weighted by Gasteiger charge is -2.18. The Balaban J connectivity index is 1.49. The van der Waals surface area contributed by atoms with Crippen LogP contribution in [0.2, 0.25) is 0 Å². The summed E-state index contributed by atoms with van der Waals surface area (Å²) >= 11 is 1.37. The normalized spacial score (nSPS) is 12.1. The summed E-state index contributed by atoms with van der Waals surface area (Å²) in [4.78, 5) is 21.9. The predicted octanol–water partition coefficient (Wildman–Crippen LogP) is 6.12. The van der Waals surface area contributed by atoms with Crippen molar-refractivity contribution in [2.24, 2.45) is 0 Å². The quantitative estimate of drug-likeness (QED) is 0.274. The van der Waals surface area contributed by atoms with Crippen LogP contribution in [0.5, 0.6) is 0 Å². The molecule has 0 spiro atoms. The summed E-state index contributed by atoms with van der Waals surface area (Å²) in [6.45, 7) is 6.20. The van der Waals surface area contributed by atoms with Crippen LogP contribution in [0.4, 0.5) is 5.69 Å². The maximum absolute atomic E-state index is 13.2. The van der Waals surface area contributed by atoms with E-state index >= 15 is 0 Å². The summed E-state index contributed by atoms with van der Waals surface area (Å²) in [6.07, 6.45) is 5.25. The molecule has 0 aliphatic heterocycles. The van der Waals surface area contributed by atoms with E-state index < -0.39 is 5.25 Å². The maximum atomic E-state index is 13.2. The van der Waals surface area contributed by atoms with E-state index in [1.165, 1.54) is 17.3 Å². The molecular weight excluding hydrogens is 468 g/mol. The van der Waals surface area contributed by atoms with E-state index in [2.05, 4.69) is 51.5 Å². The Hall–Kier alpha value is -4.04. The van der Waals surface area contributed by atoms with Crippen molar-refractivity contribution < 1.29 is 4.79 Å². The van der Waals surface area contributed by atoms with Crippen LogP contribution in [-0.2, 0) is 4.79 Å². The Morgan fingerprint density at radius 2 is 1.75 bits per heavy atom. The molecule has 7 nitrogen and oxygen atoms in total. The first-order valence-corrected chi connectivity index (χ1v) is 12.7. The average molecular weight is 495 g/mol. The number of thioether (sulfide) groups is 1. The van der Waals surface area contributed by atoms with Crippen LogP contribution in [0, 0.1) is 0 Å². The van der Waals surface area contributed by atoms with Crippen LogP contribution in [0.1, 0.15) is 32.3 Å². The van der Waals surface area contributed by atoms with E-state index in [9.17, 15) is 4.79 Å². The number of pyridine rings is 2. The number of amides is 1. The molecule has 1 N–H and O–H groups in total. The average Bonchev–Trinajstić information content (AvgIpc) is 3.32. The molecule has 1 unspecified atom stereocenters. The van der Waals surface area contributed by atoms with Crippen molar-refractivity contribution in [3.63, 3.8) is 0 Å². The molecule has 180 valence electrons. The first-order valence-electron chi connectivity index (χ1n) is 11.8. The number of hydrogen-bond donors (Lipinski definition) is 1. The van der Waals surface area contributed by atoms with Crippen LogP contribution in [0.25, 0.3) is 28.0 Å². The minimum Gasteiger partial charge on any atom is -0.324 e. The second-order valence-corrected chi connectivity index (χ2v) is 10.0. The van der Waals surface area contributed by atoms with Gasteiger partial charge in [0.15, 0.2) is 11.0 Å². The number of benzene rings is 2. The number of rotatable bonds is 7. The number of para-hydroxylation sites is 1. The van der Waals surface area contributed by atoms with Crippen molar-refractivity contribution in [1.82, 2.24) is 24.7 Å². The van der Waals surface area contributed by atoms with Crippen molar-refractivity contribution in [3.05, 3.63) is 90.9 Å². The second kappa shape index (κ2) is 10.3. The van der Waals surface area contributed by atoms with Crippen molar-refractivity contribution in [3.8, 4) is 17.1 Å². The highest BCUT2D eigenvalue weighted by molar-refractivity contribution is 8.00. The van der Waals surface area contributed by atoms with E-state index in [0.29, 0.717) is 16.9 Å². The number of aromatic nitrogens is 5. The molecule has 2 aromatic carbocycles. The fourth-order valence-corrected chi connectivity index (χ4v) is 4.94. The topological polar surface area (TPSA) is 85.6 Å². The third-order valence-electron chi connectivity index (χ3n) is 5.91. The molecule has 0 saturated heterocycles. The number of nitrogens with zero attached hydrogens (tertiary/aromatic N) is 5. The molecule has 8 heteroatoms. The monoisotopic (exact) mass is 494 g/mol. The van der Waals surface area contributed by atoms with E-state index in [1.54, 1.807) is 18.6 Å². The number of carbonyl (C=O) groups is 1. The molecule has 3 aromatic heterocycles. The first kappa shape index (κ1) is 23.7. The number of fused-ring (bicyclic) bond motifs is 1. The summed E-state index contributed by atoms with van der Waals surface area (Å²) in [5, 5.41) is 13.2. The van der Waals surface area contributed by atoms with Crippen molar-refractivity contribution in [2.75, 3.05) is 5.32 Å². The van der Waals surface area contributed by atoms with Crippen molar-refractivity contribution in [1.29, 1.82) is 0 Å². The van der Waals surface area contributed by atoms with Gasteiger partial charge in [0.2, 0.25) is 5.91 Å². The van der Waals surface area contributed by atoms with Crippen LogP contribution >= 0.6 is 11.8 Å². The zero-order valence-electron chi connectivity index (χ0n) is 20.3. The van der Waals surface area contributed by atoms with Gasteiger partial charge >= 0.3 is 0 Å². The molecule has 5 rings (SSSR count). The summed E-state index contributed by atoms with van der Waals surface area (Å²) < 4.78 is 2.03. The highest BCUT2D eigenvalue weighted by Gasteiger charge is 2.24. The molecule has 0 fully saturated rings. The Kier molecular flexibility index (Phi) is 6.77. The number of anilines is 1. The van der Waals surface area contributed by atoms with Crippen molar-refractivity contribution >= 4 is 34.3 Å². The lowest BCUT2D eigenvalue weighted by molar-refractivity contribution is -0.115. The van der Waals surface area contributed by atoms with Crippen LogP contribution in [0.15, 0.2) is 90.5 Å². The van der Waals surface area contributed by atoms with Gasteiger partial charge in [-0.2, -0.15) is 0 Å². The highest BCUT2D eigenvalue weighted by atomic mass is 32.2. The predicted molar refractivity (Wildman–Crippen MR) is 144 cm³/mol. The largest absolute Gasteiger partial charge is 0.324 e. The third-order valence-corrected chi connectivity index (χ3v) is 6.95. The van der Waals surface area contributed by atoms with Gasteiger partial charge in [-0.1, -0.05) is 49.9 Å². The fraction of sp³-hybridized carbons (Fsp3) is 0.179. The second-order valence-electron chi connectivity index (χ2n) is 8.72. The molecule has 1 atom stereocenters. The summed E-state index contributed by atoms with van der Waals surface area (Å²) in [5.74, 6) is 0.862. The number of nitrogens with one attached hydrogen (secondary N) is 1. The Morgan fingerprint density at radius 3 is 2.56 bits per heavy atom. The van der Waals surface area contributed by atoms with Gasteiger partial charge in [-0.25, -0.2) is 0 Å². The van der Waals surface area contributed by atoms with Gasteiger partial charge in [0.25, 0.3) is 0 Å². The molecule has 5 aromatic rings. The molecule has 0 radical (unpaired) electrons. The number of hydrogen-bond acceptors (Lipinski definition) is 6. The van der Waals surface area contributed by atoms with Gasteiger partial charge in [-0.05, 0) is 60.9 Å². The Labute approximate surface area is 214 Å². The van der Waals surface area contributed by atoms with Gasteiger partial charge in [0.05, 0.1) is 22.1 Å². The van der Waals surface area contributed by atoms with Crippen LogP contribution in [0.3, 0.4) is 0 Å². The van der Waals surface area contributed by atoms with E-state index in [4.69, 9.17) is 0 Å². The van der Waals surface area contributed by atoms with Crippen LogP contribution < -0.4 is 5.32 Å². The van der Waals surface area contributed by atoms with Gasteiger partial charge < -0.3 is 5.32 Å². The summed E-state index contributed by atoms with van der Waals surface area (Å²) in [5.41, 5.74) is 4.59. The van der Waals surface area contributed by atoms with Crippen LogP contribution in [-0.4, -0.2) is 35.9 Å². The Bertz CT molecular complexity index is 1510. The molecule has 1 amide bonds. The highest BCUT2D eigenvalue weighted by Crippen LogP contribution is 2.34. The van der Waals surface area contributed by atoms with Gasteiger partial charge in [-0.3, -0.25) is 19.3 Å².